The highest BCUT2D eigenvalue weighted by molar-refractivity contribution is 5.95. The van der Waals surface area contributed by atoms with E-state index in [0.29, 0.717) is 38.3 Å². The van der Waals surface area contributed by atoms with Crippen LogP contribution in [0.1, 0.15) is 43.0 Å². The Kier molecular flexibility index (Phi) is 6.30. The van der Waals surface area contributed by atoms with Crippen molar-refractivity contribution in [2.75, 3.05) is 50.8 Å². The van der Waals surface area contributed by atoms with E-state index >= 15 is 0 Å². The molecule has 1 aromatic rings. The molecular formula is C19H28N4O3. The van der Waals surface area contributed by atoms with Crippen molar-refractivity contribution in [2.24, 2.45) is 0 Å². The SMILES string of the molecule is CCOC(=O)N1CCN(C(=O)c2cncc(N3CCCCCC3)c2)CC1. The van der Waals surface area contributed by atoms with Gasteiger partial charge in [-0.15, -0.1) is 0 Å². The number of hydrogen-bond acceptors (Lipinski definition) is 5. The molecule has 1 aromatic heterocycles. The first-order chi connectivity index (χ1) is 12.7. The predicted octanol–water partition coefficient (Wildman–Crippen LogP) is 2.38. The Morgan fingerprint density at radius 3 is 2.27 bits per heavy atom. The van der Waals surface area contributed by atoms with Crippen LogP contribution in [0.5, 0.6) is 0 Å². The molecule has 142 valence electrons. The lowest BCUT2D eigenvalue weighted by Crippen LogP contribution is -2.50. The average molecular weight is 360 g/mol. The van der Waals surface area contributed by atoms with Crippen molar-refractivity contribution >= 4 is 17.7 Å². The molecule has 3 rings (SSSR count). The van der Waals surface area contributed by atoms with Gasteiger partial charge in [-0.05, 0) is 25.8 Å². The van der Waals surface area contributed by atoms with Crippen molar-refractivity contribution in [3.8, 4) is 0 Å². The number of anilines is 1. The van der Waals surface area contributed by atoms with Gasteiger partial charge in [0.25, 0.3) is 5.91 Å². The fraction of sp³-hybridized carbons (Fsp3) is 0.632. The number of carbonyl (C=O) groups is 2. The van der Waals surface area contributed by atoms with Crippen molar-refractivity contribution < 1.29 is 14.3 Å². The van der Waals surface area contributed by atoms with Crippen LogP contribution in [0, 0.1) is 0 Å². The van der Waals surface area contributed by atoms with Gasteiger partial charge in [0.15, 0.2) is 0 Å². The lowest BCUT2D eigenvalue weighted by atomic mass is 10.2. The Bertz CT molecular complexity index is 621. The molecule has 0 aromatic carbocycles. The van der Waals surface area contributed by atoms with E-state index in [1.54, 1.807) is 22.9 Å². The summed E-state index contributed by atoms with van der Waals surface area (Å²) in [6, 6.07) is 1.96. The molecule has 3 heterocycles. The summed E-state index contributed by atoms with van der Waals surface area (Å²) in [4.78, 5) is 34.7. The molecule has 0 saturated carbocycles. The minimum absolute atomic E-state index is 0.0160. The topological polar surface area (TPSA) is 66.0 Å². The van der Waals surface area contributed by atoms with Crippen LogP contribution in [0.15, 0.2) is 18.5 Å². The van der Waals surface area contributed by atoms with Gasteiger partial charge in [-0.25, -0.2) is 4.79 Å². The van der Waals surface area contributed by atoms with Gasteiger partial charge in [-0.3, -0.25) is 9.78 Å². The molecule has 0 atom stereocenters. The fourth-order valence-corrected chi connectivity index (χ4v) is 3.54. The van der Waals surface area contributed by atoms with Gasteiger partial charge in [0.1, 0.15) is 0 Å². The number of rotatable bonds is 3. The summed E-state index contributed by atoms with van der Waals surface area (Å²) in [5, 5.41) is 0. The summed E-state index contributed by atoms with van der Waals surface area (Å²) in [6.45, 7) is 6.26. The fourth-order valence-electron chi connectivity index (χ4n) is 3.54. The molecule has 26 heavy (non-hydrogen) atoms. The monoisotopic (exact) mass is 360 g/mol. The van der Waals surface area contributed by atoms with Crippen molar-refractivity contribution in [3.05, 3.63) is 24.0 Å². The van der Waals surface area contributed by atoms with Gasteiger partial charge in [-0.2, -0.15) is 0 Å². The second kappa shape index (κ2) is 8.87. The number of hydrogen-bond donors (Lipinski definition) is 0. The van der Waals surface area contributed by atoms with Crippen LogP contribution in [0.25, 0.3) is 0 Å². The Balaban J connectivity index is 1.61. The molecule has 0 N–H and O–H groups in total. The minimum atomic E-state index is -0.301. The van der Waals surface area contributed by atoms with Crippen molar-refractivity contribution in [2.45, 2.75) is 32.6 Å². The van der Waals surface area contributed by atoms with Crippen LogP contribution < -0.4 is 4.90 Å². The number of nitrogens with zero attached hydrogens (tertiary/aromatic N) is 4. The first-order valence-corrected chi connectivity index (χ1v) is 9.60. The van der Waals surface area contributed by atoms with Gasteiger partial charge in [0.05, 0.1) is 24.1 Å². The van der Waals surface area contributed by atoms with E-state index < -0.39 is 0 Å². The Hall–Kier alpha value is -2.31. The lowest BCUT2D eigenvalue weighted by Gasteiger charge is -2.34. The third kappa shape index (κ3) is 4.45. The van der Waals surface area contributed by atoms with Crippen LogP contribution in [0.2, 0.25) is 0 Å². The number of aromatic nitrogens is 1. The first kappa shape index (κ1) is 18.5. The Morgan fingerprint density at radius 2 is 1.62 bits per heavy atom. The average Bonchev–Trinajstić information content (AvgIpc) is 2.97. The molecule has 2 amide bonds. The zero-order chi connectivity index (χ0) is 18.4. The molecule has 0 radical (unpaired) electrons. The number of carbonyl (C=O) groups excluding carboxylic acids is 2. The van der Waals surface area contributed by atoms with E-state index in [-0.39, 0.29) is 12.0 Å². The highest BCUT2D eigenvalue weighted by Gasteiger charge is 2.26. The number of amides is 2. The van der Waals surface area contributed by atoms with Crippen LogP contribution in [0.4, 0.5) is 10.5 Å². The summed E-state index contributed by atoms with van der Waals surface area (Å²) in [5.41, 5.74) is 1.65. The van der Waals surface area contributed by atoms with Crippen molar-refractivity contribution in [3.63, 3.8) is 0 Å². The summed E-state index contributed by atoms with van der Waals surface area (Å²) in [5.74, 6) is -0.0160. The summed E-state index contributed by atoms with van der Waals surface area (Å²) < 4.78 is 5.02. The Morgan fingerprint density at radius 1 is 0.962 bits per heavy atom. The molecule has 2 aliphatic rings. The van der Waals surface area contributed by atoms with Crippen LogP contribution in [-0.4, -0.2) is 72.7 Å². The quantitative estimate of drug-likeness (QED) is 0.828. The van der Waals surface area contributed by atoms with E-state index in [0.717, 1.165) is 18.8 Å². The van der Waals surface area contributed by atoms with Crippen LogP contribution in [-0.2, 0) is 4.74 Å². The molecule has 0 aliphatic carbocycles. The smallest absolute Gasteiger partial charge is 0.409 e. The van der Waals surface area contributed by atoms with Gasteiger partial charge < -0.3 is 19.4 Å². The van der Waals surface area contributed by atoms with Crippen LogP contribution in [0.3, 0.4) is 0 Å². The molecule has 0 bridgehead atoms. The highest BCUT2D eigenvalue weighted by atomic mass is 16.6. The molecule has 7 nitrogen and oxygen atoms in total. The van der Waals surface area contributed by atoms with Gasteiger partial charge in [0.2, 0.25) is 0 Å². The van der Waals surface area contributed by atoms with E-state index in [1.807, 2.05) is 12.3 Å². The molecule has 0 spiro atoms. The minimum Gasteiger partial charge on any atom is -0.450 e. The normalized spacial score (nSPS) is 18.4. The number of piperazine rings is 1. The van der Waals surface area contributed by atoms with Gasteiger partial charge in [0, 0.05) is 45.5 Å². The molecule has 0 unspecified atom stereocenters. The number of pyridine rings is 1. The maximum absolute atomic E-state index is 12.8. The summed E-state index contributed by atoms with van der Waals surface area (Å²) in [7, 11) is 0. The van der Waals surface area contributed by atoms with Crippen molar-refractivity contribution in [1.82, 2.24) is 14.8 Å². The summed E-state index contributed by atoms with van der Waals surface area (Å²) >= 11 is 0. The Labute approximate surface area is 154 Å². The maximum atomic E-state index is 12.8. The first-order valence-electron chi connectivity index (χ1n) is 9.60. The summed E-state index contributed by atoms with van der Waals surface area (Å²) in [6.07, 6.45) is 8.11. The number of ether oxygens (including phenoxy) is 1. The van der Waals surface area contributed by atoms with Gasteiger partial charge >= 0.3 is 6.09 Å². The lowest BCUT2D eigenvalue weighted by molar-refractivity contribution is 0.0570. The highest BCUT2D eigenvalue weighted by Crippen LogP contribution is 2.20. The molecule has 2 saturated heterocycles. The molecule has 2 fully saturated rings. The third-order valence-electron chi connectivity index (χ3n) is 5.03. The molecule has 2 aliphatic heterocycles. The zero-order valence-electron chi connectivity index (χ0n) is 15.5. The molecular weight excluding hydrogens is 332 g/mol. The van der Waals surface area contributed by atoms with Crippen molar-refractivity contribution in [1.29, 1.82) is 0 Å². The second-order valence-corrected chi connectivity index (χ2v) is 6.81. The molecule has 7 heteroatoms. The maximum Gasteiger partial charge on any atom is 0.409 e. The zero-order valence-corrected chi connectivity index (χ0v) is 15.5. The van der Waals surface area contributed by atoms with Gasteiger partial charge in [-0.1, -0.05) is 12.8 Å². The van der Waals surface area contributed by atoms with E-state index in [4.69, 9.17) is 4.74 Å². The van der Waals surface area contributed by atoms with Crippen LogP contribution >= 0.6 is 0 Å². The predicted molar refractivity (Wildman–Crippen MR) is 99.4 cm³/mol. The van der Waals surface area contributed by atoms with E-state index in [2.05, 4.69) is 9.88 Å². The third-order valence-corrected chi connectivity index (χ3v) is 5.03. The van der Waals surface area contributed by atoms with E-state index in [9.17, 15) is 9.59 Å². The standard InChI is InChI=1S/C19H28N4O3/c1-2-26-19(25)23-11-9-22(10-12-23)18(24)16-13-17(15-20-14-16)21-7-5-3-4-6-8-21/h13-15H,2-12H2,1H3. The second-order valence-electron chi connectivity index (χ2n) is 6.81. The van der Waals surface area contributed by atoms with E-state index in [1.165, 1.54) is 25.7 Å². The largest absolute Gasteiger partial charge is 0.450 e.